The van der Waals surface area contributed by atoms with E-state index in [1.165, 1.54) is 16.7 Å². The molecule has 2 aromatic rings. The third-order valence-electron chi connectivity index (χ3n) is 4.05. The Bertz CT molecular complexity index is 741. The van der Waals surface area contributed by atoms with E-state index in [4.69, 9.17) is 10.5 Å². The monoisotopic (exact) mass is 451 g/mol. The average Bonchev–Trinajstić information content (AvgIpc) is 2.92. The Labute approximate surface area is 166 Å². The Kier molecular flexibility index (Phi) is 6.70. The molecule has 0 spiro atoms. The van der Waals surface area contributed by atoms with Crippen molar-refractivity contribution < 1.29 is 4.74 Å². The number of fused-ring (bicyclic) bond motifs is 1. The molecule has 2 aromatic carbocycles. The second-order valence-corrected chi connectivity index (χ2v) is 6.65. The number of guanidine groups is 1. The van der Waals surface area contributed by atoms with Crippen molar-refractivity contribution in [2.24, 2.45) is 10.7 Å². The van der Waals surface area contributed by atoms with Crippen LogP contribution in [0.5, 0.6) is 5.75 Å². The average molecular weight is 451 g/mol. The van der Waals surface area contributed by atoms with E-state index in [0.29, 0.717) is 18.5 Å². The normalized spacial score (nSPS) is 16.2. The van der Waals surface area contributed by atoms with Gasteiger partial charge < -0.3 is 15.8 Å². The van der Waals surface area contributed by atoms with Crippen molar-refractivity contribution in [3.8, 4) is 16.9 Å². The number of hydrogen-bond acceptors (Lipinski definition) is 2. The van der Waals surface area contributed by atoms with E-state index in [-0.39, 0.29) is 30.1 Å². The lowest BCUT2D eigenvalue weighted by Crippen LogP contribution is -2.36. The fourth-order valence-corrected chi connectivity index (χ4v) is 2.92. The van der Waals surface area contributed by atoms with E-state index in [9.17, 15) is 0 Å². The van der Waals surface area contributed by atoms with Crippen molar-refractivity contribution in [1.82, 2.24) is 5.32 Å². The largest absolute Gasteiger partial charge is 0.490 e. The third kappa shape index (κ3) is 5.11. The number of halogens is 1. The number of nitrogens with zero attached hydrogens (tertiary/aromatic N) is 1. The Hall–Kier alpha value is -1.76. The summed E-state index contributed by atoms with van der Waals surface area (Å²) in [5, 5.41) is 3.09. The van der Waals surface area contributed by atoms with Gasteiger partial charge in [-0.1, -0.05) is 30.3 Å². The van der Waals surface area contributed by atoms with Gasteiger partial charge in [0.15, 0.2) is 5.96 Å². The molecular weight excluding hydrogens is 425 g/mol. The minimum absolute atomic E-state index is 0. The first kappa shape index (κ1) is 19.6. The van der Waals surface area contributed by atoms with Crippen LogP contribution in [0.2, 0.25) is 0 Å². The highest BCUT2D eigenvalue weighted by atomic mass is 127. The summed E-state index contributed by atoms with van der Waals surface area (Å²) in [5.74, 6) is 1.51. The van der Waals surface area contributed by atoms with Crippen LogP contribution in [-0.4, -0.2) is 18.1 Å². The molecule has 0 amide bonds. The molecule has 1 aliphatic rings. The lowest BCUT2D eigenvalue weighted by atomic mass is 10.00. The van der Waals surface area contributed by atoms with Crippen molar-refractivity contribution in [3.63, 3.8) is 0 Å². The first-order valence-corrected chi connectivity index (χ1v) is 8.46. The van der Waals surface area contributed by atoms with Crippen molar-refractivity contribution in [1.29, 1.82) is 0 Å². The maximum Gasteiger partial charge on any atom is 0.189 e. The minimum Gasteiger partial charge on any atom is -0.490 e. The van der Waals surface area contributed by atoms with E-state index in [2.05, 4.69) is 59.7 Å². The summed E-state index contributed by atoms with van der Waals surface area (Å²) in [6.07, 6.45) is 1.26. The standard InChI is InChI=1S/C20H25N3O.HI/c1-13(2)23-20(21)22-12-15-4-6-16(7-5-15)17-8-9-19-18(11-17)10-14(3)24-19;/h4-9,11,13-14H,10,12H2,1-3H3,(H3,21,22,23);1H. The van der Waals surface area contributed by atoms with Crippen molar-refractivity contribution in [3.05, 3.63) is 53.6 Å². The second-order valence-electron chi connectivity index (χ2n) is 6.65. The zero-order valence-corrected chi connectivity index (χ0v) is 17.3. The first-order valence-electron chi connectivity index (χ1n) is 8.46. The fraction of sp³-hybridized carbons (Fsp3) is 0.350. The van der Waals surface area contributed by atoms with Gasteiger partial charge in [0.1, 0.15) is 11.9 Å². The zero-order chi connectivity index (χ0) is 17.1. The van der Waals surface area contributed by atoms with Gasteiger partial charge in [-0.05, 0) is 55.2 Å². The number of ether oxygens (including phenoxy) is 1. The number of hydrogen-bond donors (Lipinski definition) is 2. The molecule has 0 bridgehead atoms. The highest BCUT2D eigenvalue weighted by Gasteiger charge is 2.19. The smallest absolute Gasteiger partial charge is 0.189 e. The maximum absolute atomic E-state index is 5.83. The Morgan fingerprint density at radius 2 is 1.88 bits per heavy atom. The molecule has 0 saturated heterocycles. The molecule has 1 heterocycles. The summed E-state index contributed by atoms with van der Waals surface area (Å²) in [4.78, 5) is 4.36. The molecule has 1 unspecified atom stereocenters. The van der Waals surface area contributed by atoms with Crippen LogP contribution < -0.4 is 15.8 Å². The Morgan fingerprint density at radius 3 is 2.56 bits per heavy atom. The van der Waals surface area contributed by atoms with Gasteiger partial charge in [-0.25, -0.2) is 4.99 Å². The van der Waals surface area contributed by atoms with Gasteiger partial charge >= 0.3 is 0 Å². The molecule has 0 radical (unpaired) electrons. The molecule has 134 valence electrons. The lowest BCUT2D eigenvalue weighted by molar-refractivity contribution is 0.254. The second kappa shape index (κ2) is 8.56. The summed E-state index contributed by atoms with van der Waals surface area (Å²) in [7, 11) is 0. The van der Waals surface area contributed by atoms with Gasteiger partial charge in [0.25, 0.3) is 0 Å². The summed E-state index contributed by atoms with van der Waals surface area (Å²) in [5.41, 5.74) is 10.7. The highest BCUT2D eigenvalue weighted by molar-refractivity contribution is 14.0. The summed E-state index contributed by atoms with van der Waals surface area (Å²) >= 11 is 0. The van der Waals surface area contributed by atoms with Gasteiger partial charge in [0.2, 0.25) is 0 Å². The molecule has 4 nitrogen and oxygen atoms in total. The van der Waals surface area contributed by atoms with E-state index in [1.807, 2.05) is 13.8 Å². The van der Waals surface area contributed by atoms with Crippen LogP contribution in [0.3, 0.4) is 0 Å². The number of nitrogens with one attached hydrogen (secondary N) is 1. The van der Waals surface area contributed by atoms with E-state index < -0.39 is 0 Å². The molecule has 0 aromatic heterocycles. The van der Waals surface area contributed by atoms with Gasteiger partial charge in [0.05, 0.1) is 6.54 Å². The van der Waals surface area contributed by atoms with E-state index in [1.54, 1.807) is 0 Å². The van der Waals surface area contributed by atoms with Crippen LogP contribution >= 0.6 is 24.0 Å². The molecule has 1 atom stereocenters. The third-order valence-corrected chi connectivity index (χ3v) is 4.05. The Morgan fingerprint density at radius 1 is 1.20 bits per heavy atom. The zero-order valence-electron chi connectivity index (χ0n) is 15.0. The maximum atomic E-state index is 5.83. The molecule has 3 N–H and O–H groups in total. The van der Waals surface area contributed by atoms with Gasteiger partial charge in [-0.2, -0.15) is 0 Å². The number of rotatable bonds is 4. The van der Waals surface area contributed by atoms with Gasteiger partial charge in [-0.3, -0.25) is 0 Å². The number of aliphatic imine (C=N–C) groups is 1. The molecule has 0 fully saturated rings. The highest BCUT2D eigenvalue weighted by Crippen LogP contribution is 2.32. The van der Waals surface area contributed by atoms with Gasteiger partial charge in [-0.15, -0.1) is 24.0 Å². The van der Waals surface area contributed by atoms with Crippen LogP contribution in [0, 0.1) is 0 Å². The quantitative estimate of drug-likeness (QED) is 0.418. The topological polar surface area (TPSA) is 59.6 Å². The fourth-order valence-electron chi connectivity index (χ4n) is 2.92. The lowest BCUT2D eigenvalue weighted by Gasteiger charge is -2.09. The van der Waals surface area contributed by atoms with Crippen LogP contribution in [0.1, 0.15) is 31.9 Å². The van der Waals surface area contributed by atoms with Crippen LogP contribution in [0.4, 0.5) is 0 Å². The predicted octanol–water partition coefficient (Wildman–Crippen LogP) is 4.11. The summed E-state index contributed by atoms with van der Waals surface area (Å²) in [6, 6.07) is 15.2. The first-order chi connectivity index (χ1) is 11.5. The molecule has 3 rings (SSSR count). The number of benzene rings is 2. The van der Waals surface area contributed by atoms with E-state index in [0.717, 1.165) is 17.7 Å². The van der Waals surface area contributed by atoms with Crippen LogP contribution in [0.15, 0.2) is 47.5 Å². The summed E-state index contributed by atoms with van der Waals surface area (Å²) < 4.78 is 5.77. The molecule has 1 aliphatic heterocycles. The van der Waals surface area contributed by atoms with E-state index >= 15 is 0 Å². The summed E-state index contributed by atoms with van der Waals surface area (Å²) in [6.45, 7) is 6.77. The number of nitrogens with two attached hydrogens (primary N) is 1. The van der Waals surface area contributed by atoms with Gasteiger partial charge in [0, 0.05) is 12.5 Å². The van der Waals surface area contributed by atoms with Crippen molar-refractivity contribution in [2.75, 3.05) is 0 Å². The molecule has 0 saturated carbocycles. The van der Waals surface area contributed by atoms with Crippen LogP contribution in [-0.2, 0) is 13.0 Å². The predicted molar refractivity (Wildman–Crippen MR) is 115 cm³/mol. The molecule has 25 heavy (non-hydrogen) atoms. The molecule has 0 aliphatic carbocycles. The molecule has 5 heteroatoms. The van der Waals surface area contributed by atoms with Crippen LogP contribution in [0.25, 0.3) is 11.1 Å². The minimum atomic E-state index is 0. The van der Waals surface area contributed by atoms with Crippen molar-refractivity contribution in [2.45, 2.75) is 45.9 Å². The molecular formula is C20H26IN3O. The Balaban J connectivity index is 0.00000225. The van der Waals surface area contributed by atoms with Crippen molar-refractivity contribution >= 4 is 29.9 Å². The SMILES string of the molecule is CC(C)NC(N)=NCc1ccc(-c2ccc3c(c2)CC(C)O3)cc1.I.